The summed E-state index contributed by atoms with van der Waals surface area (Å²) in [4.78, 5) is 27.0. The first kappa shape index (κ1) is 12.8. The predicted octanol–water partition coefficient (Wildman–Crippen LogP) is 1.85. The molecule has 1 unspecified atom stereocenters. The average molecular weight is 196 g/mol. The van der Waals surface area contributed by atoms with Crippen LogP contribution in [0.4, 0.5) is 0 Å². The molecular weight excluding hydrogens is 180 g/mol. The number of carbonyl (C=O) groups excluding carboxylic acids is 2. The third-order valence-corrected chi connectivity index (χ3v) is 2.08. The van der Waals surface area contributed by atoms with Gasteiger partial charge in [0.2, 0.25) is 12.2 Å². The fourth-order valence-electron chi connectivity index (χ4n) is 1.08. The zero-order valence-corrected chi connectivity index (χ0v) is 8.91. The van der Waals surface area contributed by atoms with Crippen molar-refractivity contribution in [1.29, 1.82) is 0 Å². The average Bonchev–Trinajstić information content (AvgIpc) is 2.13. The van der Waals surface area contributed by atoms with Crippen LogP contribution in [0, 0.1) is 5.41 Å². The Bertz CT molecular complexity index is 261. The topological polar surface area (TPSA) is 58.9 Å². The third kappa shape index (κ3) is 6.30. The van der Waals surface area contributed by atoms with Crippen molar-refractivity contribution in [1.82, 2.24) is 0 Å². The maximum Gasteiger partial charge on any atom is 0.235 e. The van der Waals surface area contributed by atoms with Gasteiger partial charge in [-0.15, -0.1) is 0 Å². The summed E-state index contributed by atoms with van der Waals surface area (Å²) in [6, 6.07) is -0.00742. The molecule has 0 aliphatic carbocycles. The maximum atomic E-state index is 9.95. The Morgan fingerprint density at radius 2 is 1.93 bits per heavy atom. The summed E-state index contributed by atoms with van der Waals surface area (Å²) in [6.45, 7) is 6.37. The molecule has 0 radical (unpaired) electrons. The van der Waals surface area contributed by atoms with E-state index in [1.54, 1.807) is 0 Å². The summed E-state index contributed by atoms with van der Waals surface area (Å²) in [5.74, 6) is 0. The highest BCUT2D eigenvalue weighted by atomic mass is 16.1. The molecular formula is C10H16N2O2. The predicted molar refractivity (Wildman–Crippen MR) is 53.6 cm³/mol. The summed E-state index contributed by atoms with van der Waals surface area (Å²) in [5.41, 5.74) is -0.0376. The minimum absolute atomic E-state index is 0.00742. The molecule has 0 aromatic carbocycles. The molecule has 0 aromatic rings. The summed E-state index contributed by atoms with van der Waals surface area (Å²) in [7, 11) is 0. The molecule has 0 aromatic heterocycles. The Morgan fingerprint density at radius 1 is 1.29 bits per heavy atom. The quantitative estimate of drug-likeness (QED) is 0.481. The largest absolute Gasteiger partial charge is 0.235 e. The van der Waals surface area contributed by atoms with Crippen LogP contribution in [0.3, 0.4) is 0 Å². The van der Waals surface area contributed by atoms with Gasteiger partial charge in [0.05, 0.1) is 12.6 Å². The fourth-order valence-corrected chi connectivity index (χ4v) is 1.08. The highest BCUT2D eigenvalue weighted by Gasteiger charge is 2.18. The zero-order valence-electron chi connectivity index (χ0n) is 8.91. The van der Waals surface area contributed by atoms with Crippen LogP contribution in [0.25, 0.3) is 0 Å². The summed E-state index contributed by atoms with van der Waals surface area (Å²) >= 11 is 0. The Morgan fingerprint density at radius 3 is 2.43 bits per heavy atom. The lowest BCUT2D eigenvalue weighted by Crippen LogP contribution is -2.17. The van der Waals surface area contributed by atoms with Gasteiger partial charge in [-0.25, -0.2) is 19.6 Å². The van der Waals surface area contributed by atoms with E-state index in [0.29, 0.717) is 6.54 Å². The van der Waals surface area contributed by atoms with Gasteiger partial charge in [-0.1, -0.05) is 13.8 Å². The van der Waals surface area contributed by atoms with Crippen LogP contribution in [-0.4, -0.2) is 24.7 Å². The van der Waals surface area contributed by atoms with Crippen molar-refractivity contribution in [2.75, 3.05) is 6.54 Å². The Hall–Kier alpha value is -1.24. The molecule has 0 amide bonds. The van der Waals surface area contributed by atoms with Crippen molar-refractivity contribution in [3.05, 3.63) is 0 Å². The van der Waals surface area contributed by atoms with Gasteiger partial charge in [-0.2, -0.15) is 0 Å². The molecule has 0 aliphatic heterocycles. The van der Waals surface area contributed by atoms with Gasteiger partial charge in [0.1, 0.15) is 0 Å². The lowest BCUT2D eigenvalue weighted by Gasteiger charge is -2.21. The normalized spacial score (nSPS) is 12.5. The monoisotopic (exact) mass is 196 g/mol. The second-order valence-electron chi connectivity index (χ2n) is 4.18. The van der Waals surface area contributed by atoms with E-state index in [-0.39, 0.29) is 11.5 Å². The number of rotatable bonds is 6. The zero-order chi connectivity index (χ0) is 11.0. The molecule has 0 N–H and O–H groups in total. The summed E-state index contributed by atoms with van der Waals surface area (Å²) in [6.07, 6.45) is 4.73. The van der Waals surface area contributed by atoms with Gasteiger partial charge < -0.3 is 0 Å². The molecule has 0 rings (SSSR count). The Labute approximate surface area is 84.1 Å². The third-order valence-electron chi connectivity index (χ3n) is 2.08. The van der Waals surface area contributed by atoms with Crippen molar-refractivity contribution >= 4 is 12.2 Å². The van der Waals surface area contributed by atoms with E-state index < -0.39 is 0 Å². The maximum absolute atomic E-state index is 9.95. The number of aliphatic imine (C=N–C) groups is 2. The van der Waals surface area contributed by atoms with Crippen LogP contribution in [-0.2, 0) is 9.59 Å². The first-order valence-corrected chi connectivity index (χ1v) is 4.62. The van der Waals surface area contributed by atoms with Crippen LogP contribution in [0.5, 0.6) is 0 Å². The van der Waals surface area contributed by atoms with Gasteiger partial charge >= 0.3 is 0 Å². The Balaban J connectivity index is 3.97. The molecule has 78 valence electrons. The van der Waals surface area contributed by atoms with E-state index in [0.717, 1.165) is 12.8 Å². The van der Waals surface area contributed by atoms with Gasteiger partial charge in [0.15, 0.2) is 0 Å². The van der Waals surface area contributed by atoms with Crippen molar-refractivity contribution < 1.29 is 9.59 Å². The molecule has 4 nitrogen and oxygen atoms in total. The van der Waals surface area contributed by atoms with E-state index in [9.17, 15) is 9.59 Å². The number of isocyanates is 2. The first-order valence-electron chi connectivity index (χ1n) is 4.62. The van der Waals surface area contributed by atoms with Crippen LogP contribution in [0.15, 0.2) is 9.98 Å². The van der Waals surface area contributed by atoms with Gasteiger partial charge in [0.25, 0.3) is 0 Å². The van der Waals surface area contributed by atoms with E-state index in [1.807, 2.05) is 20.8 Å². The van der Waals surface area contributed by atoms with Crippen molar-refractivity contribution in [3.63, 3.8) is 0 Å². The molecule has 1 atom stereocenters. The smallest absolute Gasteiger partial charge is 0.211 e. The fraction of sp³-hybridized carbons (Fsp3) is 0.800. The minimum Gasteiger partial charge on any atom is -0.211 e. The second-order valence-corrected chi connectivity index (χ2v) is 4.18. The standard InChI is InChI=1S/C10H16N2O2/c1-9(12-8-14)4-5-10(2,3)6-11-7-13/h9H,4-6H2,1-3H3. The van der Waals surface area contributed by atoms with Crippen molar-refractivity contribution in [2.24, 2.45) is 15.4 Å². The molecule has 0 aliphatic rings. The van der Waals surface area contributed by atoms with Crippen LogP contribution in [0.1, 0.15) is 33.6 Å². The van der Waals surface area contributed by atoms with Gasteiger partial charge in [0, 0.05) is 0 Å². The molecule has 0 saturated carbocycles. The SMILES string of the molecule is CC(CCC(C)(C)CN=C=O)N=C=O. The number of nitrogens with zero attached hydrogens (tertiary/aromatic N) is 2. The lowest BCUT2D eigenvalue weighted by molar-refractivity contribution is 0.327. The van der Waals surface area contributed by atoms with Gasteiger partial charge in [-0.3, -0.25) is 0 Å². The van der Waals surface area contributed by atoms with E-state index in [1.165, 1.54) is 12.2 Å². The van der Waals surface area contributed by atoms with E-state index in [4.69, 9.17) is 0 Å². The second kappa shape index (κ2) is 6.25. The molecule has 0 heterocycles. The molecule has 4 heteroatoms. The summed E-state index contributed by atoms with van der Waals surface area (Å²) < 4.78 is 0. The molecule has 0 saturated heterocycles. The van der Waals surface area contributed by atoms with Crippen LogP contribution >= 0.6 is 0 Å². The minimum atomic E-state index is -0.0376. The Kier molecular flexibility index (Phi) is 5.70. The number of hydrogen-bond donors (Lipinski definition) is 0. The highest BCUT2D eigenvalue weighted by molar-refractivity contribution is 5.33. The van der Waals surface area contributed by atoms with E-state index in [2.05, 4.69) is 9.98 Å². The molecule has 0 fully saturated rings. The highest BCUT2D eigenvalue weighted by Crippen LogP contribution is 2.23. The lowest BCUT2D eigenvalue weighted by atomic mass is 9.87. The summed E-state index contributed by atoms with van der Waals surface area (Å²) in [5, 5.41) is 0. The molecule has 0 spiro atoms. The first-order chi connectivity index (χ1) is 6.52. The van der Waals surface area contributed by atoms with Gasteiger partial charge in [-0.05, 0) is 25.2 Å². The number of hydrogen-bond acceptors (Lipinski definition) is 4. The van der Waals surface area contributed by atoms with Crippen molar-refractivity contribution in [2.45, 2.75) is 39.7 Å². The van der Waals surface area contributed by atoms with Crippen LogP contribution < -0.4 is 0 Å². The molecule has 0 bridgehead atoms. The van der Waals surface area contributed by atoms with Crippen molar-refractivity contribution in [3.8, 4) is 0 Å². The van der Waals surface area contributed by atoms with E-state index >= 15 is 0 Å². The van der Waals surface area contributed by atoms with Crippen LogP contribution in [0.2, 0.25) is 0 Å². The molecule has 14 heavy (non-hydrogen) atoms.